The van der Waals surface area contributed by atoms with Gasteiger partial charge in [-0.1, -0.05) is 53.2 Å². The van der Waals surface area contributed by atoms with E-state index in [0.717, 1.165) is 11.1 Å². The topological polar surface area (TPSA) is 21.6 Å². The minimum Gasteiger partial charge on any atom is -0.391 e. The first-order valence-electron chi connectivity index (χ1n) is 5.71. The van der Waals surface area contributed by atoms with Crippen LogP contribution in [0.3, 0.4) is 0 Å². The summed E-state index contributed by atoms with van der Waals surface area (Å²) in [6.07, 6.45) is 1.68. The number of halogens is 1. The van der Waals surface area contributed by atoms with E-state index in [1.165, 1.54) is 5.56 Å². The summed E-state index contributed by atoms with van der Waals surface area (Å²) in [5.74, 6) is 0. The number of aryl methyl sites for hydroxylation is 1. The summed E-state index contributed by atoms with van der Waals surface area (Å²) in [6.45, 7) is 2.54. The van der Waals surface area contributed by atoms with Gasteiger partial charge in [0, 0.05) is 5.02 Å². The van der Waals surface area contributed by atoms with Gasteiger partial charge < -0.3 is 4.84 Å². The Kier molecular flexibility index (Phi) is 4.37. The lowest BCUT2D eigenvalue weighted by atomic mass is 10.1. The second-order valence-corrected chi connectivity index (χ2v) is 4.42. The zero-order chi connectivity index (χ0) is 12.8. The van der Waals surface area contributed by atoms with Crippen molar-refractivity contribution in [3.8, 4) is 0 Å². The van der Waals surface area contributed by atoms with E-state index in [0.29, 0.717) is 11.6 Å². The predicted octanol–water partition coefficient (Wildman–Crippen LogP) is 4.20. The molecule has 0 heterocycles. The molecule has 92 valence electrons. The molecule has 18 heavy (non-hydrogen) atoms. The highest BCUT2D eigenvalue weighted by Gasteiger charge is 1.95. The van der Waals surface area contributed by atoms with E-state index in [1.807, 2.05) is 42.5 Å². The van der Waals surface area contributed by atoms with Crippen LogP contribution >= 0.6 is 11.6 Å². The fraction of sp³-hybridized carbons (Fsp3) is 0.133. The monoisotopic (exact) mass is 259 g/mol. The Bertz CT molecular complexity index is 534. The van der Waals surface area contributed by atoms with E-state index in [-0.39, 0.29) is 0 Å². The fourth-order valence-electron chi connectivity index (χ4n) is 1.53. The lowest BCUT2D eigenvalue weighted by molar-refractivity contribution is 0.131. The van der Waals surface area contributed by atoms with Crippen LogP contribution in [0.25, 0.3) is 0 Å². The summed E-state index contributed by atoms with van der Waals surface area (Å²) in [5, 5.41) is 4.66. The average molecular weight is 260 g/mol. The highest BCUT2D eigenvalue weighted by molar-refractivity contribution is 6.30. The molecular formula is C15H14ClNO. The zero-order valence-corrected chi connectivity index (χ0v) is 10.9. The van der Waals surface area contributed by atoms with Crippen molar-refractivity contribution in [2.24, 2.45) is 5.16 Å². The van der Waals surface area contributed by atoms with Crippen LogP contribution in [0.4, 0.5) is 0 Å². The van der Waals surface area contributed by atoms with Crippen molar-refractivity contribution in [1.29, 1.82) is 0 Å². The minimum absolute atomic E-state index is 0.483. The van der Waals surface area contributed by atoms with Crippen LogP contribution in [-0.2, 0) is 11.4 Å². The highest BCUT2D eigenvalue weighted by Crippen LogP contribution is 2.09. The maximum atomic E-state index is 5.79. The Hall–Kier alpha value is -1.80. The van der Waals surface area contributed by atoms with Crippen molar-refractivity contribution in [2.75, 3.05) is 0 Å². The number of hydrogen-bond acceptors (Lipinski definition) is 2. The third-order valence-electron chi connectivity index (χ3n) is 2.63. The van der Waals surface area contributed by atoms with Crippen molar-refractivity contribution >= 4 is 17.8 Å². The summed E-state index contributed by atoms with van der Waals surface area (Å²) in [4.78, 5) is 5.27. The number of nitrogens with zero attached hydrogens (tertiary/aromatic N) is 1. The lowest BCUT2D eigenvalue weighted by Gasteiger charge is -2.03. The van der Waals surface area contributed by atoms with Crippen LogP contribution in [0, 0.1) is 6.92 Å². The van der Waals surface area contributed by atoms with Gasteiger partial charge in [-0.05, 0) is 35.7 Å². The van der Waals surface area contributed by atoms with Gasteiger partial charge >= 0.3 is 0 Å². The van der Waals surface area contributed by atoms with Crippen LogP contribution in [0.5, 0.6) is 0 Å². The quantitative estimate of drug-likeness (QED) is 0.596. The van der Waals surface area contributed by atoms with Gasteiger partial charge in [0.25, 0.3) is 0 Å². The molecule has 0 radical (unpaired) electrons. The van der Waals surface area contributed by atoms with E-state index in [2.05, 4.69) is 18.1 Å². The third kappa shape index (κ3) is 3.60. The second-order valence-electron chi connectivity index (χ2n) is 3.99. The predicted molar refractivity (Wildman–Crippen MR) is 75.0 cm³/mol. The molecule has 0 bridgehead atoms. The van der Waals surface area contributed by atoms with Crippen LogP contribution < -0.4 is 0 Å². The van der Waals surface area contributed by atoms with Gasteiger partial charge in [0.15, 0.2) is 0 Å². The molecule has 2 aromatic rings. The summed E-state index contributed by atoms with van der Waals surface area (Å²) in [6, 6.07) is 15.5. The molecule has 0 N–H and O–H groups in total. The van der Waals surface area contributed by atoms with Crippen LogP contribution in [0.1, 0.15) is 16.7 Å². The van der Waals surface area contributed by atoms with Crippen LogP contribution in [0.2, 0.25) is 5.02 Å². The van der Waals surface area contributed by atoms with Gasteiger partial charge in [-0.2, -0.15) is 0 Å². The molecule has 0 spiro atoms. The van der Waals surface area contributed by atoms with Gasteiger partial charge in [-0.25, -0.2) is 0 Å². The molecule has 0 saturated heterocycles. The molecule has 2 rings (SSSR count). The van der Waals surface area contributed by atoms with Crippen LogP contribution in [0.15, 0.2) is 53.7 Å². The molecule has 0 fully saturated rings. The molecule has 0 aliphatic carbocycles. The normalized spacial score (nSPS) is 10.8. The van der Waals surface area contributed by atoms with Crippen molar-refractivity contribution < 1.29 is 4.84 Å². The molecular weight excluding hydrogens is 246 g/mol. The fourth-order valence-corrected chi connectivity index (χ4v) is 1.65. The number of oxime groups is 1. The summed E-state index contributed by atoms with van der Waals surface area (Å²) in [5.41, 5.74) is 3.31. The number of hydrogen-bond donors (Lipinski definition) is 0. The lowest BCUT2D eigenvalue weighted by Crippen LogP contribution is -1.91. The second kappa shape index (κ2) is 6.22. The summed E-state index contributed by atoms with van der Waals surface area (Å²) < 4.78 is 0. The molecule has 2 nitrogen and oxygen atoms in total. The number of rotatable bonds is 4. The first-order valence-corrected chi connectivity index (χ1v) is 6.09. The molecule has 0 aromatic heterocycles. The minimum atomic E-state index is 0.483. The Morgan fingerprint density at radius 3 is 2.56 bits per heavy atom. The highest BCUT2D eigenvalue weighted by atomic mass is 35.5. The van der Waals surface area contributed by atoms with Crippen molar-refractivity contribution in [3.05, 3.63) is 70.2 Å². The van der Waals surface area contributed by atoms with Gasteiger partial charge in [0.2, 0.25) is 0 Å². The Balaban J connectivity index is 1.89. The molecule has 0 aliphatic heterocycles. The SMILES string of the molecule is Cc1ccccc1CO/N=C/c1ccc(Cl)cc1. The van der Waals surface area contributed by atoms with Crippen molar-refractivity contribution in [3.63, 3.8) is 0 Å². The molecule has 0 atom stereocenters. The molecule has 0 amide bonds. The smallest absolute Gasteiger partial charge is 0.142 e. The molecule has 3 heteroatoms. The first-order chi connectivity index (χ1) is 8.75. The zero-order valence-electron chi connectivity index (χ0n) is 10.1. The van der Waals surface area contributed by atoms with E-state index in [9.17, 15) is 0 Å². The van der Waals surface area contributed by atoms with Gasteiger partial charge in [-0.3, -0.25) is 0 Å². The summed E-state index contributed by atoms with van der Waals surface area (Å²) >= 11 is 5.79. The molecule has 0 unspecified atom stereocenters. The standard InChI is InChI=1S/C15H14ClNO/c1-12-4-2-3-5-14(12)11-18-17-10-13-6-8-15(16)9-7-13/h2-10H,11H2,1H3/b17-10+. The van der Waals surface area contributed by atoms with Crippen LogP contribution in [-0.4, -0.2) is 6.21 Å². The third-order valence-corrected chi connectivity index (χ3v) is 2.88. The van der Waals surface area contributed by atoms with Gasteiger partial charge in [0.05, 0.1) is 6.21 Å². The Morgan fingerprint density at radius 1 is 1.11 bits per heavy atom. The van der Waals surface area contributed by atoms with Gasteiger partial charge in [0.1, 0.15) is 6.61 Å². The molecule has 0 saturated carbocycles. The Labute approximate surface area is 112 Å². The van der Waals surface area contributed by atoms with Gasteiger partial charge in [-0.15, -0.1) is 0 Å². The van der Waals surface area contributed by atoms with E-state index < -0.39 is 0 Å². The van der Waals surface area contributed by atoms with E-state index >= 15 is 0 Å². The molecule has 0 aliphatic rings. The maximum Gasteiger partial charge on any atom is 0.142 e. The molecule has 2 aromatic carbocycles. The Morgan fingerprint density at radius 2 is 1.83 bits per heavy atom. The van der Waals surface area contributed by atoms with E-state index in [4.69, 9.17) is 16.4 Å². The number of benzene rings is 2. The average Bonchev–Trinajstić information content (AvgIpc) is 2.39. The summed E-state index contributed by atoms with van der Waals surface area (Å²) in [7, 11) is 0. The van der Waals surface area contributed by atoms with Crippen molar-refractivity contribution in [2.45, 2.75) is 13.5 Å². The largest absolute Gasteiger partial charge is 0.391 e. The van der Waals surface area contributed by atoms with E-state index in [1.54, 1.807) is 6.21 Å². The van der Waals surface area contributed by atoms with Crippen molar-refractivity contribution in [1.82, 2.24) is 0 Å². The first kappa shape index (κ1) is 12.7. The maximum absolute atomic E-state index is 5.79.